The van der Waals surface area contributed by atoms with E-state index in [1.165, 1.54) is 4.90 Å². The molecule has 0 saturated heterocycles. The maximum atomic E-state index is 13.6. The summed E-state index contributed by atoms with van der Waals surface area (Å²) in [4.78, 5) is 38.3. The molecule has 0 bridgehead atoms. The summed E-state index contributed by atoms with van der Waals surface area (Å²) in [6, 6.07) is 21.0. The zero-order valence-electron chi connectivity index (χ0n) is 24.5. The largest absolute Gasteiger partial charge is 0.390 e. The first-order valence-electron chi connectivity index (χ1n) is 14.7. The first kappa shape index (κ1) is 26.9. The minimum absolute atomic E-state index is 0.255. The van der Waals surface area contributed by atoms with Gasteiger partial charge in [0.2, 0.25) is 0 Å². The summed E-state index contributed by atoms with van der Waals surface area (Å²) in [5.41, 5.74) is 5.83. The number of thiophene rings is 1. The number of rotatable bonds is 5. The van der Waals surface area contributed by atoms with E-state index in [1.54, 1.807) is 42.5 Å². The lowest BCUT2D eigenvalue weighted by molar-refractivity contribution is -0.118. The molecule has 2 amide bonds. The van der Waals surface area contributed by atoms with E-state index in [0.717, 1.165) is 50.3 Å². The summed E-state index contributed by atoms with van der Waals surface area (Å²) >= 11 is 1.62. The molecular formula is C35H29N5O3S. The van der Waals surface area contributed by atoms with Gasteiger partial charge in [-0.15, -0.1) is 0 Å². The number of hydrogen-bond donors (Lipinski definition) is 1. The van der Waals surface area contributed by atoms with Crippen molar-refractivity contribution in [3.8, 4) is 22.4 Å². The molecule has 2 aliphatic rings. The molecular weight excluding hydrogens is 570 g/mol. The zero-order valence-corrected chi connectivity index (χ0v) is 25.3. The number of benzene rings is 2. The molecule has 8 rings (SSSR count). The first-order valence-corrected chi connectivity index (χ1v) is 15.6. The maximum absolute atomic E-state index is 13.6. The number of fused-ring (bicyclic) bond motifs is 4. The predicted octanol–water partition coefficient (Wildman–Crippen LogP) is 6.83. The van der Waals surface area contributed by atoms with Gasteiger partial charge in [0, 0.05) is 41.6 Å². The molecule has 1 saturated carbocycles. The van der Waals surface area contributed by atoms with Gasteiger partial charge in [-0.1, -0.05) is 50.2 Å². The highest BCUT2D eigenvalue weighted by Gasteiger charge is 2.60. The molecule has 0 radical (unpaired) electrons. The molecule has 5 heterocycles. The fourth-order valence-electron chi connectivity index (χ4n) is 6.91. The van der Waals surface area contributed by atoms with Gasteiger partial charge in [0.1, 0.15) is 0 Å². The Kier molecular flexibility index (Phi) is 5.73. The van der Waals surface area contributed by atoms with Crippen LogP contribution in [-0.4, -0.2) is 47.0 Å². The van der Waals surface area contributed by atoms with Gasteiger partial charge in [-0.2, -0.15) is 21.0 Å². The van der Waals surface area contributed by atoms with E-state index in [1.807, 2.05) is 46.4 Å². The number of pyridine rings is 1. The smallest absolute Gasteiger partial charge is 0.262 e. The first-order chi connectivity index (χ1) is 21.1. The van der Waals surface area contributed by atoms with Crippen molar-refractivity contribution >= 4 is 39.8 Å². The fraction of sp³-hybridized carbons (Fsp3) is 0.229. The van der Waals surface area contributed by atoms with Crippen LogP contribution in [0.25, 0.3) is 39.1 Å². The molecule has 1 fully saturated rings. The van der Waals surface area contributed by atoms with Crippen LogP contribution in [0.15, 0.2) is 83.7 Å². The summed E-state index contributed by atoms with van der Waals surface area (Å²) in [5.74, 6) is -0.386. The molecule has 2 aromatic carbocycles. The van der Waals surface area contributed by atoms with E-state index >= 15 is 0 Å². The van der Waals surface area contributed by atoms with Gasteiger partial charge in [0.05, 0.1) is 33.7 Å². The van der Waals surface area contributed by atoms with E-state index in [4.69, 9.17) is 10.1 Å². The highest BCUT2D eigenvalue weighted by molar-refractivity contribution is 7.08. The molecule has 44 heavy (non-hydrogen) atoms. The summed E-state index contributed by atoms with van der Waals surface area (Å²) in [7, 11) is 0. The quantitative estimate of drug-likeness (QED) is 0.218. The Balaban J connectivity index is 1.26. The number of imide groups is 1. The summed E-state index contributed by atoms with van der Waals surface area (Å²) in [5, 5.41) is 20.7. The van der Waals surface area contributed by atoms with Crippen molar-refractivity contribution in [2.75, 3.05) is 0 Å². The zero-order chi connectivity index (χ0) is 30.4. The molecule has 8 nitrogen and oxygen atoms in total. The van der Waals surface area contributed by atoms with Crippen LogP contribution in [0.2, 0.25) is 0 Å². The third-order valence-corrected chi connectivity index (χ3v) is 9.65. The highest BCUT2D eigenvalue weighted by Crippen LogP contribution is 2.54. The molecule has 4 aromatic heterocycles. The molecule has 6 aromatic rings. The average Bonchev–Trinajstić information content (AvgIpc) is 3.75. The SMILES string of the molecule is CC(C)c1cc2ncc3cc(-c4ccsc4)c(-c4ccc([C@]5(N6C(=O)c7ccccc7C6=O)C[C@](C)(O)C5)cc4)nc3n2n1. The topological polar surface area (TPSA) is 101 Å². The fourth-order valence-corrected chi connectivity index (χ4v) is 7.57. The van der Waals surface area contributed by atoms with Crippen molar-refractivity contribution < 1.29 is 14.7 Å². The van der Waals surface area contributed by atoms with Crippen LogP contribution in [0.5, 0.6) is 0 Å². The number of carbonyl (C=O) groups excluding carboxylic acids is 2. The van der Waals surface area contributed by atoms with Crippen molar-refractivity contribution in [2.45, 2.75) is 50.7 Å². The number of carbonyl (C=O) groups is 2. The lowest BCUT2D eigenvalue weighted by Crippen LogP contribution is -2.63. The number of nitrogens with zero attached hydrogens (tertiary/aromatic N) is 5. The van der Waals surface area contributed by atoms with Crippen LogP contribution in [0.1, 0.15) is 71.5 Å². The third-order valence-electron chi connectivity index (χ3n) is 8.96. The molecule has 0 spiro atoms. The third kappa shape index (κ3) is 3.89. The van der Waals surface area contributed by atoms with Gasteiger partial charge in [0.15, 0.2) is 11.3 Å². The van der Waals surface area contributed by atoms with Crippen molar-refractivity contribution in [1.82, 2.24) is 24.5 Å². The van der Waals surface area contributed by atoms with E-state index < -0.39 is 11.1 Å². The highest BCUT2D eigenvalue weighted by atomic mass is 32.1. The maximum Gasteiger partial charge on any atom is 0.262 e. The monoisotopic (exact) mass is 599 g/mol. The van der Waals surface area contributed by atoms with Crippen LogP contribution in [0, 0.1) is 0 Å². The van der Waals surface area contributed by atoms with Crippen molar-refractivity contribution in [3.05, 3.63) is 106 Å². The molecule has 1 N–H and O–H groups in total. The van der Waals surface area contributed by atoms with Gasteiger partial charge in [0.25, 0.3) is 11.8 Å². The van der Waals surface area contributed by atoms with Crippen LogP contribution in [0.4, 0.5) is 0 Å². The van der Waals surface area contributed by atoms with Gasteiger partial charge in [-0.3, -0.25) is 14.5 Å². The molecule has 218 valence electrons. The number of aliphatic hydroxyl groups is 1. The molecule has 9 heteroatoms. The Labute approximate surface area is 257 Å². The van der Waals surface area contributed by atoms with Crippen LogP contribution < -0.4 is 0 Å². The van der Waals surface area contributed by atoms with E-state index in [0.29, 0.717) is 11.1 Å². The lowest BCUT2D eigenvalue weighted by atomic mass is 9.61. The normalized spacial score (nSPS) is 21.4. The summed E-state index contributed by atoms with van der Waals surface area (Å²) in [6.45, 7) is 5.96. The van der Waals surface area contributed by atoms with Crippen LogP contribution >= 0.6 is 11.3 Å². The Hall–Kier alpha value is -4.73. The van der Waals surface area contributed by atoms with Crippen molar-refractivity contribution in [3.63, 3.8) is 0 Å². The van der Waals surface area contributed by atoms with Gasteiger partial charge in [-0.05, 0) is 59.0 Å². The standard InChI is InChI=1S/C35H29N5O3S/c1-20(2)28-15-29-36-16-23-14-27(22-12-13-44-17-22)30(37-31(23)40(29)38-28)21-8-10-24(11-9-21)35(18-34(3,43)19-35)39-32(41)25-6-4-5-7-26(25)33(39)42/h4-17,20,43H,18-19H2,1-3H3/t34-,35-. The van der Waals surface area contributed by atoms with Gasteiger partial charge >= 0.3 is 0 Å². The van der Waals surface area contributed by atoms with Crippen LogP contribution in [-0.2, 0) is 5.54 Å². The predicted molar refractivity (Wildman–Crippen MR) is 170 cm³/mol. The second-order valence-electron chi connectivity index (χ2n) is 12.5. The van der Waals surface area contributed by atoms with Crippen molar-refractivity contribution in [1.29, 1.82) is 0 Å². The second-order valence-corrected chi connectivity index (χ2v) is 13.3. The summed E-state index contributed by atoms with van der Waals surface area (Å²) < 4.78 is 1.81. The van der Waals surface area contributed by atoms with E-state index in [-0.39, 0.29) is 30.6 Å². The Morgan fingerprint density at radius 3 is 2.23 bits per heavy atom. The van der Waals surface area contributed by atoms with E-state index in [9.17, 15) is 14.7 Å². The Bertz CT molecular complexity index is 2090. The number of aromatic nitrogens is 4. The molecule has 0 atom stereocenters. The number of amides is 2. The van der Waals surface area contributed by atoms with Crippen LogP contribution in [0.3, 0.4) is 0 Å². The van der Waals surface area contributed by atoms with Gasteiger partial charge in [-0.25, -0.2) is 9.97 Å². The summed E-state index contributed by atoms with van der Waals surface area (Å²) in [6.07, 6.45) is 2.38. The Morgan fingerprint density at radius 2 is 1.61 bits per heavy atom. The number of hydrogen-bond acceptors (Lipinski definition) is 7. The molecule has 0 unspecified atom stereocenters. The Morgan fingerprint density at radius 1 is 0.909 bits per heavy atom. The minimum atomic E-state index is -0.988. The minimum Gasteiger partial charge on any atom is -0.390 e. The van der Waals surface area contributed by atoms with Crippen molar-refractivity contribution in [2.24, 2.45) is 0 Å². The molecule has 1 aliphatic heterocycles. The average molecular weight is 600 g/mol. The van der Waals surface area contributed by atoms with Gasteiger partial charge < -0.3 is 5.11 Å². The second kappa shape index (κ2) is 9.38. The molecule has 1 aliphatic carbocycles. The van der Waals surface area contributed by atoms with E-state index in [2.05, 4.69) is 36.3 Å². The lowest BCUT2D eigenvalue weighted by Gasteiger charge is -2.55.